The van der Waals surface area contributed by atoms with E-state index in [2.05, 4.69) is 17.2 Å². The van der Waals surface area contributed by atoms with Gasteiger partial charge in [-0.25, -0.2) is 9.37 Å². The van der Waals surface area contributed by atoms with Crippen LogP contribution in [0.5, 0.6) is 0 Å². The van der Waals surface area contributed by atoms with E-state index in [1.54, 1.807) is 24.3 Å². The third-order valence-electron chi connectivity index (χ3n) is 3.80. The molecule has 106 valence electrons. The highest BCUT2D eigenvalue weighted by Crippen LogP contribution is 2.32. The molecule has 1 saturated carbocycles. The Kier molecular flexibility index (Phi) is 3.61. The molecule has 3 rings (SSSR count). The molecule has 1 aromatic carbocycles. The maximum atomic E-state index is 13.8. The van der Waals surface area contributed by atoms with E-state index in [4.69, 9.17) is 0 Å². The molecule has 0 bridgehead atoms. The molecule has 0 aliphatic heterocycles. The minimum absolute atomic E-state index is 0.00926. The van der Waals surface area contributed by atoms with E-state index in [1.807, 2.05) is 19.1 Å². The number of aromatic nitrogens is 1. The SMILES string of the molecule is Cc1ccc(C(NC2CC2)c2nc(C)c(C)s2)cc1F. The van der Waals surface area contributed by atoms with Crippen molar-refractivity contribution >= 4 is 11.3 Å². The third kappa shape index (κ3) is 2.76. The Morgan fingerprint density at radius 1 is 1.30 bits per heavy atom. The predicted octanol–water partition coefficient (Wildman–Crippen LogP) is 4.05. The van der Waals surface area contributed by atoms with Crippen LogP contribution in [0.1, 0.15) is 45.6 Å². The Balaban J connectivity index is 1.97. The van der Waals surface area contributed by atoms with Crippen molar-refractivity contribution in [1.82, 2.24) is 10.3 Å². The van der Waals surface area contributed by atoms with Crippen LogP contribution in [0.15, 0.2) is 18.2 Å². The molecule has 1 N–H and O–H groups in total. The largest absolute Gasteiger partial charge is 0.301 e. The summed E-state index contributed by atoms with van der Waals surface area (Å²) in [5.41, 5.74) is 2.72. The molecule has 1 aromatic heterocycles. The summed E-state index contributed by atoms with van der Waals surface area (Å²) < 4.78 is 13.8. The fourth-order valence-electron chi connectivity index (χ4n) is 2.21. The van der Waals surface area contributed by atoms with Crippen LogP contribution in [0, 0.1) is 26.6 Å². The first kappa shape index (κ1) is 13.7. The second-order valence-electron chi connectivity index (χ2n) is 5.58. The number of hydrogen-bond donors (Lipinski definition) is 1. The van der Waals surface area contributed by atoms with Gasteiger partial charge in [-0.3, -0.25) is 0 Å². The van der Waals surface area contributed by atoms with Gasteiger partial charge in [-0.05, 0) is 50.8 Å². The van der Waals surface area contributed by atoms with E-state index in [0.29, 0.717) is 11.6 Å². The highest BCUT2D eigenvalue weighted by atomic mass is 32.1. The Bertz CT molecular complexity index is 612. The summed E-state index contributed by atoms with van der Waals surface area (Å²) in [6.07, 6.45) is 2.41. The van der Waals surface area contributed by atoms with Gasteiger partial charge in [0.15, 0.2) is 0 Å². The zero-order valence-electron chi connectivity index (χ0n) is 12.0. The lowest BCUT2D eigenvalue weighted by Gasteiger charge is -2.17. The maximum absolute atomic E-state index is 13.8. The average Bonchev–Trinajstić information content (AvgIpc) is 3.17. The van der Waals surface area contributed by atoms with Gasteiger partial charge in [-0.2, -0.15) is 0 Å². The second kappa shape index (κ2) is 5.26. The zero-order valence-corrected chi connectivity index (χ0v) is 12.9. The van der Waals surface area contributed by atoms with Crippen LogP contribution in [-0.4, -0.2) is 11.0 Å². The smallest absolute Gasteiger partial charge is 0.126 e. The van der Waals surface area contributed by atoms with E-state index >= 15 is 0 Å². The lowest BCUT2D eigenvalue weighted by atomic mass is 10.0. The minimum Gasteiger partial charge on any atom is -0.301 e. The molecule has 1 aliphatic rings. The molecule has 1 atom stereocenters. The van der Waals surface area contributed by atoms with Gasteiger partial charge in [0.05, 0.1) is 11.7 Å². The first-order chi connectivity index (χ1) is 9.54. The van der Waals surface area contributed by atoms with Crippen LogP contribution in [-0.2, 0) is 0 Å². The van der Waals surface area contributed by atoms with Gasteiger partial charge in [-0.1, -0.05) is 12.1 Å². The number of rotatable bonds is 4. The highest BCUT2D eigenvalue weighted by molar-refractivity contribution is 7.11. The van der Waals surface area contributed by atoms with Crippen molar-refractivity contribution in [3.63, 3.8) is 0 Å². The van der Waals surface area contributed by atoms with Gasteiger partial charge in [0, 0.05) is 10.9 Å². The van der Waals surface area contributed by atoms with Gasteiger partial charge in [0.1, 0.15) is 10.8 Å². The number of hydrogen-bond acceptors (Lipinski definition) is 3. The highest BCUT2D eigenvalue weighted by Gasteiger charge is 2.28. The van der Waals surface area contributed by atoms with Crippen molar-refractivity contribution in [1.29, 1.82) is 0 Å². The van der Waals surface area contributed by atoms with Crippen LogP contribution in [0.3, 0.4) is 0 Å². The van der Waals surface area contributed by atoms with Crippen molar-refractivity contribution in [2.75, 3.05) is 0 Å². The van der Waals surface area contributed by atoms with E-state index in [1.165, 1.54) is 17.7 Å². The fourth-order valence-corrected chi connectivity index (χ4v) is 3.22. The van der Waals surface area contributed by atoms with Crippen LogP contribution in [0.25, 0.3) is 0 Å². The molecule has 0 amide bonds. The number of halogens is 1. The average molecular weight is 290 g/mol. The van der Waals surface area contributed by atoms with Crippen molar-refractivity contribution in [2.24, 2.45) is 0 Å². The van der Waals surface area contributed by atoms with E-state index in [-0.39, 0.29) is 11.9 Å². The summed E-state index contributed by atoms with van der Waals surface area (Å²) in [5, 5.41) is 4.63. The zero-order chi connectivity index (χ0) is 14.3. The molecule has 1 unspecified atom stereocenters. The van der Waals surface area contributed by atoms with Crippen LogP contribution >= 0.6 is 11.3 Å². The van der Waals surface area contributed by atoms with Gasteiger partial charge in [0.25, 0.3) is 0 Å². The summed E-state index contributed by atoms with van der Waals surface area (Å²) in [6, 6.07) is 6.05. The molecule has 1 fully saturated rings. The Morgan fingerprint density at radius 2 is 2.05 bits per heavy atom. The molecule has 4 heteroatoms. The number of aryl methyl sites for hydroxylation is 3. The van der Waals surface area contributed by atoms with E-state index < -0.39 is 0 Å². The van der Waals surface area contributed by atoms with Crippen LogP contribution < -0.4 is 5.32 Å². The molecule has 1 aliphatic carbocycles. The topological polar surface area (TPSA) is 24.9 Å². The standard InChI is InChI=1S/C16H19FN2S/c1-9-4-5-12(8-14(9)17)15(19-13-6-7-13)16-18-10(2)11(3)20-16/h4-5,8,13,15,19H,6-7H2,1-3H3. The molecule has 2 aromatic rings. The molecule has 0 radical (unpaired) electrons. The van der Waals surface area contributed by atoms with Crippen molar-refractivity contribution in [3.05, 3.63) is 50.7 Å². The van der Waals surface area contributed by atoms with Gasteiger partial charge in [-0.15, -0.1) is 11.3 Å². The summed E-state index contributed by atoms with van der Waals surface area (Å²) in [6.45, 7) is 5.90. The second-order valence-corrected chi connectivity index (χ2v) is 6.81. The van der Waals surface area contributed by atoms with Gasteiger partial charge >= 0.3 is 0 Å². The Morgan fingerprint density at radius 3 is 2.60 bits per heavy atom. The molecule has 1 heterocycles. The van der Waals surface area contributed by atoms with Crippen LogP contribution in [0.2, 0.25) is 0 Å². The lowest BCUT2D eigenvalue weighted by Crippen LogP contribution is -2.24. The number of nitrogens with one attached hydrogen (secondary N) is 1. The third-order valence-corrected chi connectivity index (χ3v) is 4.94. The first-order valence-electron chi connectivity index (χ1n) is 7.00. The number of benzene rings is 1. The molecule has 0 spiro atoms. The van der Waals surface area contributed by atoms with Crippen molar-refractivity contribution in [3.8, 4) is 0 Å². The van der Waals surface area contributed by atoms with Gasteiger partial charge in [0.2, 0.25) is 0 Å². The molecule has 20 heavy (non-hydrogen) atoms. The lowest BCUT2D eigenvalue weighted by molar-refractivity contribution is 0.581. The molecular weight excluding hydrogens is 271 g/mol. The van der Waals surface area contributed by atoms with E-state index in [9.17, 15) is 4.39 Å². The minimum atomic E-state index is -0.143. The van der Waals surface area contributed by atoms with Gasteiger partial charge < -0.3 is 5.32 Å². The van der Waals surface area contributed by atoms with Crippen molar-refractivity contribution in [2.45, 2.75) is 45.7 Å². The molecular formula is C16H19FN2S. The molecule has 2 nitrogen and oxygen atoms in total. The number of nitrogens with zero attached hydrogens (tertiary/aromatic N) is 1. The normalized spacial score (nSPS) is 16.4. The molecule has 0 saturated heterocycles. The number of thiazole rings is 1. The van der Waals surface area contributed by atoms with Crippen molar-refractivity contribution < 1.29 is 4.39 Å². The monoisotopic (exact) mass is 290 g/mol. The quantitative estimate of drug-likeness (QED) is 0.919. The summed E-state index contributed by atoms with van der Waals surface area (Å²) in [7, 11) is 0. The van der Waals surface area contributed by atoms with Crippen LogP contribution in [0.4, 0.5) is 4.39 Å². The summed E-state index contributed by atoms with van der Waals surface area (Å²) in [5.74, 6) is -0.143. The van der Waals surface area contributed by atoms with E-state index in [0.717, 1.165) is 16.3 Å². The first-order valence-corrected chi connectivity index (χ1v) is 7.82. The Labute approximate surface area is 123 Å². The summed E-state index contributed by atoms with van der Waals surface area (Å²) in [4.78, 5) is 5.89. The Hall–Kier alpha value is -1.26. The maximum Gasteiger partial charge on any atom is 0.126 e. The summed E-state index contributed by atoms with van der Waals surface area (Å²) >= 11 is 1.70. The fraction of sp³-hybridized carbons (Fsp3) is 0.438. The predicted molar refractivity (Wildman–Crippen MR) is 80.7 cm³/mol.